The number of carbonyl (C=O) groups excluding carboxylic acids is 1. The summed E-state index contributed by atoms with van der Waals surface area (Å²) >= 11 is 0. The number of carbonyl (C=O) groups is 1. The van der Waals surface area contributed by atoms with Crippen LogP contribution in [-0.2, 0) is 13.1 Å². The highest BCUT2D eigenvalue weighted by Gasteiger charge is 2.28. The maximum absolute atomic E-state index is 11.4. The molecule has 0 fully saturated rings. The number of rotatable bonds is 2. The first-order valence-corrected chi connectivity index (χ1v) is 5.61. The van der Waals surface area contributed by atoms with Gasteiger partial charge in [-0.15, -0.1) is 0 Å². The maximum atomic E-state index is 11.4. The SMILES string of the molecule is CCC1Cn2nc(C)c(C(N)=O)c2CN1C. The van der Waals surface area contributed by atoms with Crippen molar-refractivity contribution in [2.75, 3.05) is 7.05 Å². The van der Waals surface area contributed by atoms with Gasteiger partial charge in [-0.05, 0) is 20.4 Å². The minimum atomic E-state index is -0.373. The lowest BCUT2D eigenvalue weighted by atomic mass is 10.1. The van der Waals surface area contributed by atoms with Crippen molar-refractivity contribution in [2.24, 2.45) is 5.73 Å². The van der Waals surface area contributed by atoms with Gasteiger partial charge in [0.2, 0.25) is 0 Å². The van der Waals surface area contributed by atoms with Crippen molar-refractivity contribution in [3.63, 3.8) is 0 Å². The molecule has 0 aromatic carbocycles. The molecule has 88 valence electrons. The molecule has 2 rings (SSSR count). The molecule has 1 aromatic heterocycles. The molecule has 1 aromatic rings. The molecule has 5 nitrogen and oxygen atoms in total. The Morgan fingerprint density at radius 3 is 2.88 bits per heavy atom. The quantitative estimate of drug-likeness (QED) is 0.793. The molecule has 0 radical (unpaired) electrons. The number of likely N-dealkylation sites (N-methyl/N-ethyl adjacent to an activating group) is 1. The van der Waals surface area contributed by atoms with E-state index < -0.39 is 0 Å². The van der Waals surface area contributed by atoms with Crippen LogP contribution in [0.3, 0.4) is 0 Å². The smallest absolute Gasteiger partial charge is 0.252 e. The van der Waals surface area contributed by atoms with E-state index in [1.807, 2.05) is 11.6 Å². The van der Waals surface area contributed by atoms with Gasteiger partial charge in [-0.3, -0.25) is 14.4 Å². The summed E-state index contributed by atoms with van der Waals surface area (Å²) in [5, 5.41) is 4.39. The van der Waals surface area contributed by atoms with E-state index in [4.69, 9.17) is 5.73 Å². The van der Waals surface area contributed by atoms with E-state index in [0.29, 0.717) is 11.6 Å². The third-order valence-electron chi connectivity index (χ3n) is 3.36. The number of amides is 1. The second kappa shape index (κ2) is 3.90. The lowest BCUT2D eigenvalue weighted by Gasteiger charge is -2.32. The normalized spacial score (nSPS) is 20.8. The van der Waals surface area contributed by atoms with Crippen LogP contribution in [0.5, 0.6) is 0 Å². The number of primary amides is 1. The zero-order chi connectivity index (χ0) is 11.9. The monoisotopic (exact) mass is 222 g/mol. The zero-order valence-corrected chi connectivity index (χ0v) is 10.0. The highest BCUT2D eigenvalue weighted by molar-refractivity contribution is 5.95. The molecule has 0 saturated carbocycles. The molecule has 5 heteroatoms. The number of nitrogens with two attached hydrogens (primary N) is 1. The van der Waals surface area contributed by atoms with Crippen molar-refractivity contribution < 1.29 is 4.79 Å². The minimum Gasteiger partial charge on any atom is -0.365 e. The van der Waals surface area contributed by atoms with Gasteiger partial charge in [0.25, 0.3) is 5.91 Å². The Labute approximate surface area is 95.2 Å². The van der Waals surface area contributed by atoms with Gasteiger partial charge in [-0.1, -0.05) is 6.92 Å². The summed E-state index contributed by atoms with van der Waals surface area (Å²) in [6.07, 6.45) is 1.08. The van der Waals surface area contributed by atoms with Gasteiger partial charge in [-0.25, -0.2) is 0 Å². The van der Waals surface area contributed by atoms with Gasteiger partial charge < -0.3 is 5.73 Å². The first kappa shape index (κ1) is 11.1. The van der Waals surface area contributed by atoms with Crippen molar-refractivity contribution in [2.45, 2.75) is 39.4 Å². The fourth-order valence-electron chi connectivity index (χ4n) is 2.41. The molecule has 1 aliphatic heterocycles. The van der Waals surface area contributed by atoms with Crippen molar-refractivity contribution in [3.8, 4) is 0 Å². The third-order valence-corrected chi connectivity index (χ3v) is 3.36. The average Bonchev–Trinajstić information content (AvgIpc) is 2.51. The summed E-state index contributed by atoms with van der Waals surface area (Å²) in [6, 6.07) is 0.493. The van der Waals surface area contributed by atoms with Crippen molar-refractivity contribution in [3.05, 3.63) is 17.0 Å². The van der Waals surface area contributed by atoms with E-state index in [1.165, 1.54) is 0 Å². The molecule has 0 saturated heterocycles. The van der Waals surface area contributed by atoms with Gasteiger partial charge in [0.05, 0.1) is 23.5 Å². The molecule has 0 spiro atoms. The fourth-order valence-corrected chi connectivity index (χ4v) is 2.41. The van der Waals surface area contributed by atoms with E-state index in [9.17, 15) is 4.79 Å². The molecule has 1 amide bonds. The summed E-state index contributed by atoms with van der Waals surface area (Å²) in [7, 11) is 2.07. The standard InChI is InChI=1S/C11H18N4O/c1-4-8-5-15-9(6-14(8)3)10(11(12)16)7(2)13-15/h8H,4-6H2,1-3H3,(H2,12,16). The molecule has 16 heavy (non-hydrogen) atoms. The van der Waals surface area contributed by atoms with E-state index in [1.54, 1.807) is 0 Å². The van der Waals surface area contributed by atoms with E-state index in [0.717, 1.165) is 30.9 Å². The maximum Gasteiger partial charge on any atom is 0.252 e. The Balaban J connectivity index is 2.43. The summed E-state index contributed by atoms with van der Waals surface area (Å²) in [5.74, 6) is -0.373. The molecule has 0 bridgehead atoms. The molecule has 2 N–H and O–H groups in total. The van der Waals surface area contributed by atoms with E-state index >= 15 is 0 Å². The Kier molecular flexibility index (Phi) is 2.71. The number of aryl methyl sites for hydroxylation is 1. The van der Waals surface area contributed by atoms with Crippen molar-refractivity contribution in [1.29, 1.82) is 0 Å². The molecule has 1 unspecified atom stereocenters. The van der Waals surface area contributed by atoms with Crippen LogP contribution in [-0.4, -0.2) is 33.7 Å². The number of aromatic nitrogens is 2. The Hall–Kier alpha value is -1.36. The van der Waals surface area contributed by atoms with Crippen molar-refractivity contribution in [1.82, 2.24) is 14.7 Å². The van der Waals surface area contributed by atoms with Crippen molar-refractivity contribution >= 4 is 5.91 Å². The van der Waals surface area contributed by atoms with Gasteiger partial charge in [0.1, 0.15) is 0 Å². The fraction of sp³-hybridized carbons (Fsp3) is 0.636. The first-order chi connectivity index (χ1) is 7.54. The van der Waals surface area contributed by atoms with E-state index in [2.05, 4.69) is 24.0 Å². The summed E-state index contributed by atoms with van der Waals surface area (Å²) in [4.78, 5) is 13.6. The minimum absolute atomic E-state index is 0.373. The topological polar surface area (TPSA) is 64.2 Å². The highest BCUT2D eigenvalue weighted by Crippen LogP contribution is 2.22. The predicted molar refractivity (Wildman–Crippen MR) is 61.0 cm³/mol. The molecule has 2 heterocycles. The number of fused-ring (bicyclic) bond motifs is 1. The Bertz CT molecular complexity index is 424. The second-order valence-corrected chi connectivity index (χ2v) is 4.43. The summed E-state index contributed by atoms with van der Waals surface area (Å²) in [5.41, 5.74) is 7.68. The van der Waals surface area contributed by atoms with Crippen LogP contribution in [0.1, 0.15) is 35.1 Å². The van der Waals surface area contributed by atoms with Gasteiger partial charge >= 0.3 is 0 Å². The predicted octanol–water partition coefficient (Wildman–Crippen LogP) is 0.514. The van der Waals surface area contributed by atoms with Crippen LogP contribution in [0, 0.1) is 6.92 Å². The summed E-state index contributed by atoms with van der Waals surface area (Å²) in [6.45, 7) is 5.60. The van der Waals surface area contributed by atoms with Crippen LogP contribution in [0.2, 0.25) is 0 Å². The highest BCUT2D eigenvalue weighted by atomic mass is 16.1. The molecule has 0 aliphatic carbocycles. The van der Waals surface area contributed by atoms with Gasteiger partial charge in [-0.2, -0.15) is 5.10 Å². The second-order valence-electron chi connectivity index (χ2n) is 4.43. The molecular formula is C11H18N4O. The molecule has 1 aliphatic rings. The zero-order valence-electron chi connectivity index (χ0n) is 10.0. The number of hydrogen-bond donors (Lipinski definition) is 1. The Morgan fingerprint density at radius 2 is 2.31 bits per heavy atom. The lowest BCUT2D eigenvalue weighted by Crippen LogP contribution is -2.40. The summed E-state index contributed by atoms with van der Waals surface area (Å²) < 4.78 is 1.93. The Morgan fingerprint density at radius 1 is 1.62 bits per heavy atom. The molecular weight excluding hydrogens is 204 g/mol. The first-order valence-electron chi connectivity index (χ1n) is 5.61. The average molecular weight is 222 g/mol. The van der Waals surface area contributed by atoms with E-state index in [-0.39, 0.29) is 5.91 Å². The number of nitrogens with zero attached hydrogens (tertiary/aromatic N) is 3. The van der Waals surface area contributed by atoms with Crippen LogP contribution in [0.15, 0.2) is 0 Å². The molecule has 1 atom stereocenters. The third kappa shape index (κ3) is 1.61. The van der Waals surface area contributed by atoms with Crippen LogP contribution in [0.25, 0.3) is 0 Å². The van der Waals surface area contributed by atoms with Crippen LogP contribution < -0.4 is 5.73 Å². The van der Waals surface area contributed by atoms with Gasteiger partial charge in [0, 0.05) is 12.6 Å². The largest absolute Gasteiger partial charge is 0.365 e. The van der Waals surface area contributed by atoms with Crippen LogP contribution >= 0.6 is 0 Å². The number of hydrogen-bond acceptors (Lipinski definition) is 3. The van der Waals surface area contributed by atoms with Gasteiger partial charge in [0.15, 0.2) is 0 Å². The lowest BCUT2D eigenvalue weighted by molar-refractivity contribution is 0.0994. The van der Waals surface area contributed by atoms with Crippen LogP contribution in [0.4, 0.5) is 0 Å².